The molecule has 1 fully saturated rings. The number of nitrogen functional groups attached to an aromatic ring is 1. The van der Waals surface area contributed by atoms with Crippen molar-refractivity contribution in [3.8, 4) is 17.0 Å². The number of rotatable bonds is 5. The number of pyridine rings is 1. The minimum Gasteiger partial charge on any atom is -0.492 e. The SMILES string of the molecule is CN1CCN(CCOc2ccc3[nH]c(-c4cc(N)c[nH]c4=O)cc3c2)CC1. The fourth-order valence-electron chi connectivity index (χ4n) is 3.41. The maximum absolute atomic E-state index is 12.1. The van der Waals surface area contributed by atoms with Crippen LogP contribution in [0.5, 0.6) is 5.75 Å². The van der Waals surface area contributed by atoms with Gasteiger partial charge in [0.15, 0.2) is 0 Å². The summed E-state index contributed by atoms with van der Waals surface area (Å²) in [7, 11) is 2.16. The summed E-state index contributed by atoms with van der Waals surface area (Å²) in [4.78, 5) is 22.8. The van der Waals surface area contributed by atoms with Crippen molar-refractivity contribution in [1.29, 1.82) is 0 Å². The Bertz CT molecular complexity index is 985. The molecule has 7 heteroatoms. The first-order valence-corrected chi connectivity index (χ1v) is 9.23. The smallest absolute Gasteiger partial charge is 0.257 e. The molecule has 0 spiro atoms. The molecular formula is C20H25N5O2. The minimum atomic E-state index is -0.167. The van der Waals surface area contributed by atoms with Crippen LogP contribution in [-0.2, 0) is 0 Å². The Morgan fingerprint density at radius 2 is 1.96 bits per heavy atom. The third-order valence-corrected chi connectivity index (χ3v) is 5.08. The van der Waals surface area contributed by atoms with Crippen LogP contribution in [-0.4, -0.2) is 66.1 Å². The number of nitrogens with two attached hydrogens (primary N) is 1. The lowest BCUT2D eigenvalue weighted by Gasteiger charge is -2.32. The number of fused-ring (bicyclic) bond motifs is 1. The Morgan fingerprint density at radius 3 is 2.78 bits per heavy atom. The predicted molar refractivity (Wildman–Crippen MR) is 108 cm³/mol. The van der Waals surface area contributed by atoms with Crippen LogP contribution in [0.15, 0.2) is 41.3 Å². The molecule has 4 rings (SSSR count). The Hall–Kier alpha value is -2.77. The number of piperazine rings is 1. The van der Waals surface area contributed by atoms with Crippen molar-refractivity contribution in [3.63, 3.8) is 0 Å². The first-order chi connectivity index (χ1) is 13.1. The zero-order valence-corrected chi connectivity index (χ0v) is 15.5. The lowest BCUT2D eigenvalue weighted by molar-refractivity contribution is 0.134. The number of anilines is 1. The summed E-state index contributed by atoms with van der Waals surface area (Å²) in [5.74, 6) is 0.837. The Kier molecular flexibility index (Phi) is 4.87. The maximum Gasteiger partial charge on any atom is 0.257 e. The summed E-state index contributed by atoms with van der Waals surface area (Å²) in [6, 6.07) is 9.56. The molecule has 0 unspecified atom stereocenters. The molecule has 1 saturated heterocycles. The quantitative estimate of drug-likeness (QED) is 0.639. The molecule has 0 radical (unpaired) electrons. The minimum absolute atomic E-state index is 0.167. The Balaban J connectivity index is 1.45. The maximum atomic E-state index is 12.1. The Morgan fingerprint density at radius 1 is 1.15 bits per heavy atom. The summed E-state index contributed by atoms with van der Waals surface area (Å²) in [5.41, 5.74) is 8.39. The van der Waals surface area contributed by atoms with Crippen molar-refractivity contribution in [1.82, 2.24) is 19.8 Å². The number of hydrogen-bond acceptors (Lipinski definition) is 5. The molecule has 27 heavy (non-hydrogen) atoms. The van der Waals surface area contributed by atoms with Gasteiger partial charge in [-0.1, -0.05) is 0 Å². The van der Waals surface area contributed by atoms with Crippen LogP contribution in [0.25, 0.3) is 22.2 Å². The molecule has 0 bridgehead atoms. The molecule has 0 aliphatic carbocycles. The van der Waals surface area contributed by atoms with Crippen LogP contribution in [0.3, 0.4) is 0 Å². The average molecular weight is 367 g/mol. The van der Waals surface area contributed by atoms with E-state index in [1.807, 2.05) is 24.3 Å². The molecule has 3 heterocycles. The largest absolute Gasteiger partial charge is 0.492 e. The lowest BCUT2D eigenvalue weighted by atomic mass is 10.2. The van der Waals surface area contributed by atoms with Crippen LogP contribution < -0.4 is 16.0 Å². The topological polar surface area (TPSA) is 90.4 Å². The second kappa shape index (κ2) is 7.46. The Labute approximate surface area is 157 Å². The van der Waals surface area contributed by atoms with Gasteiger partial charge in [-0.3, -0.25) is 9.69 Å². The van der Waals surface area contributed by atoms with E-state index in [1.165, 1.54) is 6.20 Å². The molecule has 3 aromatic rings. The summed E-state index contributed by atoms with van der Waals surface area (Å²) < 4.78 is 5.94. The number of aromatic amines is 2. The highest BCUT2D eigenvalue weighted by atomic mass is 16.5. The average Bonchev–Trinajstić information content (AvgIpc) is 3.08. The van der Waals surface area contributed by atoms with Crippen molar-refractivity contribution in [2.24, 2.45) is 0 Å². The van der Waals surface area contributed by atoms with Gasteiger partial charge in [-0.2, -0.15) is 0 Å². The molecule has 7 nitrogen and oxygen atoms in total. The predicted octanol–water partition coefficient (Wildman–Crippen LogP) is 1.73. The van der Waals surface area contributed by atoms with Crippen LogP contribution >= 0.6 is 0 Å². The van der Waals surface area contributed by atoms with Crippen molar-refractivity contribution in [2.75, 3.05) is 52.1 Å². The molecule has 4 N–H and O–H groups in total. The third kappa shape index (κ3) is 3.99. The molecule has 0 saturated carbocycles. The number of nitrogens with zero attached hydrogens (tertiary/aromatic N) is 2. The summed E-state index contributed by atoms with van der Waals surface area (Å²) in [6.45, 7) is 6.01. The second-order valence-electron chi connectivity index (χ2n) is 7.10. The molecule has 1 aromatic carbocycles. The number of benzene rings is 1. The highest BCUT2D eigenvalue weighted by molar-refractivity contribution is 5.87. The van der Waals surface area contributed by atoms with Crippen molar-refractivity contribution in [2.45, 2.75) is 0 Å². The van der Waals surface area contributed by atoms with Gasteiger partial charge in [-0.25, -0.2) is 0 Å². The number of likely N-dealkylation sites (N-methyl/N-ethyl adjacent to an activating group) is 1. The van der Waals surface area contributed by atoms with Gasteiger partial charge in [0.05, 0.1) is 11.3 Å². The monoisotopic (exact) mass is 367 g/mol. The van der Waals surface area contributed by atoms with E-state index in [0.717, 1.165) is 55.1 Å². The first-order valence-electron chi connectivity index (χ1n) is 9.23. The highest BCUT2D eigenvalue weighted by Gasteiger charge is 2.13. The fourth-order valence-corrected chi connectivity index (χ4v) is 3.41. The van der Waals surface area contributed by atoms with E-state index >= 15 is 0 Å². The summed E-state index contributed by atoms with van der Waals surface area (Å²) in [5, 5.41) is 1.00. The molecule has 1 aliphatic heterocycles. The van der Waals surface area contributed by atoms with Crippen molar-refractivity contribution >= 4 is 16.6 Å². The second-order valence-corrected chi connectivity index (χ2v) is 7.10. The highest BCUT2D eigenvalue weighted by Crippen LogP contribution is 2.26. The van der Waals surface area contributed by atoms with Crippen LogP contribution in [0.4, 0.5) is 5.69 Å². The lowest BCUT2D eigenvalue weighted by Crippen LogP contribution is -2.45. The zero-order valence-electron chi connectivity index (χ0n) is 15.5. The zero-order chi connectivity index (χ0) is 18.8. The number of hydrogen-bond donors (Lipinski definition) is 3. The van der Waals surface area contributed by atoms with Gasteiger partial charge in [0.2, 0.25) is 0 Å². The molecule has 142 valence electrons. The van der Waals surface area contributed by atoms with E-state index in [2.05, 4.69) is 26.8 Å². The van der Waals surface area contributed by atoms with E-state index in [-0.39, 0.29) is 5.56 Å². The number of H-pyrrole nitrogens is 2. The summed E-state index contributed by atoms with van der Waals surface area (Å²) in [6.07, 6.45) is 1.50. The van der Waals surface area contributed by atoms with Crippen LogP contribution in [0, 0.1) is 0 Å². The first kappa shape index (κ1) is 17.6. The van der Waals surface area contributed by atoms with Gasteiger partial charge in [-0.15, -0.1) is 0 Å². The van der Waals surface area contributed by atoms with Gasteiger partial charge in [0.1, 0.15) is 12.4 Å². The van der Waals surface area contributed by atoms with Crippen LogP contribution in [0.1, 0.15) is 0 Å². The van der Waals surface area contributed by atoms with Crippen LogP contribution in [0.2, 0.25) is 0 Å². The van der Waals surface area contributed by atoms with E-state index in [1.54, 1.807) is 6.07 Å². The van der Waals surface area contributed by atoms with Gasteiger partial charge in [0.25, 0.3) is 5.56 Å². The van der Waals surface area contributed by atoms with Gasteiger partial charge in [0, 0.05) is 55.5 Å². The van der Waals surface area contributed by atoms with Crippen molar-refractivity contribution in [3.05, 3.63) is 46.9 Å². The fraction of sp³-hybridized carbons (Fsp3) is 0.350. The van der Waals surface area contributed by atoms with E-state index < -0.39 is 0 Å². The van der Waals surface area contributed by atoms with Gasteiger partial charge in [-0.05, 0) is 37.4 Å². The number of nitrogens with one attached hydrogen (secondary N) is 2. The van der Waals surface area contributed by atoms with E-state index in [9.17, 15) is 4.79 Å². The normalized spacial score (nSPS) is 16.0. The molecule has 0 amide bonds. The van der Waals surface area contributed by atoms with Crippen molar-refractivity contribution < 1.29 is 4.74 Å². The summed E-state index contributed by atoms with van der Waals surface area (Å²) >= 11 is 0. The molecular weight excluding hydrogens is 342 g/mol. The number of ether oxygens (including phenoxy) is 1. The standard InChI is InChI=1S/C20H25N5O2/c1-24-4-6-25(7-5-24)8-9-27-16-2-3-18-14(10-16)11-19(23-18)17-12-15(21)13-22-20(17)26/h2-3,10-13,23H,4-9,21H2,1H3,(H,22,26). The van der Waals surface area contributed by atoms with Gasteiger partial charge >= 0.3 is 0 Å². The number of aromatic nitrogens is 2. The molecule has 0 atom stereocenters. The third-order valence-electron chi connectivity index (χ3n) is 5.08. The van der Waals surface area contributed by atoms with E-state index in [4.69, 9.17) is 10.5 Å². The molecule has 1 aliphatic rings. The van der Waals surface area contributed by atoms with E-state index in [0.29, 0.717) is 17.9 Å². The van der Waals surface area contributed by atoms with Gasteiger partial charge < -0.3 is 25.3 Å². The molecule has 2 aromatic heterocycles.